The van der Waals surface area contributed by atoms with Crippen LogP contribution in [0.3, 0.4) is 0 Å². The van der Waals surface area contributed by atoms with Crippen LogP contribution in [0.1, 0.15) is 44.5 Å². The van der Waals surface area contributed by atoms with Gasteiger partial charge in [0.05, 0.1) is 10.8 Å². The highest BCUT2D eigenvalue weighted by atomic mass is 16.3. The van der Waals surface area contributed by atoms with Crippen LogP contribution in [0.5, 0.6) is 0 Å². The molecular weight excluding hydrogens is 617 g/mol. The van der Waals surface area contributed by atoms with E-state index >= 15 is 0 Å². The van der Waals surface area contributed by atoms with E-state index in [1.165, 1.54) is 72.3 Å². The fraction of sp³-hybridized carbons (Fsp3) is 0.0400. The van der Waals surface area contributed by atoms with Crippen LogP contribution >= 0.6 is 0 Å². The zero-order valence-corrected chi connectivity index (χ0v) is 27.7. The second-order valence-electron chi connectivity index (χ2n) is 14.2. The van der Waals surface area contributed by atoms with Gasteiger partial charge in [-0.25, -0.2) is 0 Å². The summed E-state index contributed by atoms with van der Waals surface area (Å²) in [6, 6.07) is 67.8. The lowest BCUT2D eigenvalue weighted by Gasteiger charge is -2.48. The van der Waals surface area contributed by atoms with Gasteiger partial charge in [0, 0.05) is 16.3 Å². The average Bonchev–Trinajstić information content (AvgIpc) is 3.84. The molecule has 2 unspecified atom stereocenters. The summed E-state index contributed by atoms with van der Waals surface area (Å²) in [5.74, 6) is 0. The average molecular weight is 647 g/mol. The molecule has 0 N–H and O–H groups in total. The smallest absolute Gasteiger partial charge is 0.143 e. The molecule has 0 saturated carbocycles. The van der Waals surface area contributed by atoms with Gasteiger partial charge >= 0.3 is 0 Å². The SMILES string of the molecule is c1ccc(C23c4ccccc4-c4cccc(c42)C2(c4ccccc4-c4cccc(-c5cccc6c5oc5ccccc56)c42)c2ccccc23)cc1. The normalized spacial score (nSPS) is 18.7. The van der Waals surface area contributed by atoms with Crippen LogP contribution in [-0.2, 0) is 10.8 Å². The maximum atomic E-state index is 6.75. The van der Waals surface area contributed by atoms with Gasteiger partial charge in [-0.2, -0.15) is 0 Å². The number of rotatable bonds is 2. The summed E-state index contributed by atoms with van der Waals surface area (Å²) in [5, 5.41) is 2.29. The number of furan rings is 1. The zero-order valence-electron chi connectivity index (χ0n) is 27.7. The van der Waals surface area contributed by atoms with Crippen LogP contribution in [0, 0.1) is 0 Å². The van der Waals surface area contributed by atoms with E-state index in [0.717, 1.165) is 27.5 Å². The molecule has 3 aliphatic rings. The van der Waals surface area contributed by atoms with E-state index in [9.17, 15) is 0 Å². The Morgan fingerprint density at radius 1 is 0.294 bits per heavy atom. The van der Waals surface area contributed by atoms with E-state index in [4.69, 9.17) is 4.42 Å². The van der Waals surface area contributed by atoms with Crippen molar-refractivity contribution < 1.29 is 4.42 Å². The molecule has 236 valence electrons. The molecule has 9 aromatic rings. The third-order valence-electron chi connectivity index (χ3n) is 12.2. The molecule has 1 heteroatoms. The monoisotopic (exact) mass is 646 g/mol. The molecule has 1 heterocycles. The number of fused-ring (bicyclic) bond motifs is 15. The second-order valence-corrected chi connectivity index (χ2v) is 14.2. The first kappa shape index (κ1) is 27.4. The summed E-state index contributed by atoms with van der Waals surface area (Å²) in [7, 11) is 0. The minimum Gasteiger partial charge on any atom is -0.455 e. The van der Waals surface area contributed by atoms with E-state index < -0.39 is 10.8 Å². The molecule has 8 aromatic carbocycles. The fourth-order valence-corrected chi connectivity index (χ4v) is 10.5. The number of para-hydroxylation sites is 2. The summed E-state index contributed by atoms with van der Waals surface area (Å²) in [4.78, 5) is 0. The molecule has 0 radical (unpaired) electrons. The van der Waals surface area contributed by atoms with Gasteiger partial charge in [-0.1, -0.05) is 176 Å². The molecule has 1 aromatic heterocycles. The van der Waals surface area contributed by atoms with Gasteiger partial charge in [-0.15, -0.1) is 0 Å². The van der Waals surface area contributed by atoms with Crippen LogP contribution in [0.15, 0.2) is 186 Å². The molecule has 0 bridgehead atoms. The molecule has 1 nitrogen and oxygen atoms in total. The molecular formula is C50H30O. The van der Waals surface area contributed by atoms with Crippen molar-refractivity contribution in [3.63, 3.8) is 0 Å². The molecule has 2 atom stereocenters. The number of hydrogen-bond donors (Lipinski definition) is 0. The Morgan fingerprint density at radius 3 is 1.53 bits per heavy atom. The second kappa shape index (κ2) is 9.62. The first-order valence-corrected chi connectivity index (χ1v) is 17.9. The van der Waals surface area contributed by atoms with Crippen molar-refractivity contribution in [3.8, 4) is 33.4 Å². The standard InChI is InChI=1S/C50H30O/c1-2-15-31(16-3-1)49-40-25-7-4-18-33(40)36-22-14-29-44(47(36)49)50(43-28-10-9-27-42(43)49)41-26-8-5-17-32(41)35-20-12-21-37(46(35)50)39-24-13-23-38-34-19-6-11-30-45(34)51-48(38)39/h1-30H. The van der Waals surface area contributed by atoms with Gasteiger partial charge in [0.25, 0.3) is 0 Å². The fourth-order valence-electron chi connectivity index (χ4n) is 10.5. The van der Waals surface area contributed by atoms with Gasteiger partial charge < -0.3 is 4.42 Å². The maximum Gasteiger partial charge on any atom is 0.143 e. The molecule has 0 fully saturated rings. The highest BCUT2D eigenvalue weighted by molar-refractivity contribution is 6.11. The van der Waals surface area contributed by atoms with Crippen LogP contribution in [0.4, 0.5) is 0 Å². The van der Waals surface area contributed by atoms with E-state index in [1.54, 1.807) is 0 Å². The van der Waals surface area contributed by atoms with Crippen molar-refractivity contribution in [2.75, 3.05) is 0 Å². The predicted octanol–water partition coefficient (Wildman–Crippen LogP) is 12.3. The van der Waals surface area contributed by atoms with Gasteiger partial charge in [0.1, 0.15) is 11.2 Å². The Labute approximate surface area is 296 Å². The predicted molar refractivity (Wildman–Crippen MR) is 207 cm³/mol. The Morgan fingerprint density at radius 2 is 0.765 bits per heavy atom. The Hall–Kier alpha value is -6.44. The lowest BCUT2D eigenvalue weighted by atomic mass is 9.52. The van der Waals surface area contributed by atoms with E-state index in [-0.39, 0.29) is 0 Å². The molecule has 51 heavy (non-hydrogen) atoms. The minimum atomic E-state index is -0.570. The molecule has 0 amide bonds. The van der Waals surface area contributed by atoms with Crippen LogP contribution in [-0.4, -0.2) is 0 Å². The summed E-state index contributed by atoms with van der Waals surface area (Å²) in [6.45, 7) is 0. The van der Waals surface area contributed by atoms with Gasteiger partial charge in [-0.3, -0.25) is 0 Å². The zero-order chi connectivity index (χ0) is 33.3. The van der Waals surface area contributed by atoms with Gasteiger partial charge in [-0.05, 0) is 78.4 Å². The van der Waals surface area contributed by atoms with Crippen LogP contribution in [0.2, 0.25) is 0 Å². The third kappa shape index (κ3) is 3.11. The van der Waals surface area contributed by atoms with Crippen molar-refractivity contribution in [3.05, 3.63) is 226 Å². The Kier molecular flexibility index (Phi) is 5.17. The van der Waals surface area contributed by atoms with Crippen molar-refractivity contribution in [2.24, 2.45) is 0 Å². The minimum absolute atomic E-state index is 0.461. The van der Waals surface area contributed by atoms with E-state index in [1.807, 2.05) is 0 Å². The lowest BCUT2D eigenvalue weighted by molar-refractivity contribution is 0.636. The van der Waals surface area contributed by atoms with Crippen molar-refractivity contribution in [2.45, 2.75) is 10.8 Å². The first-order chi connectivity index (χ1) is 25.3. The van der Waals surface area contributed by atoms with Crippen molar-refractivity contribution >= 4 is 21.9 Å². The van der Waals surface area contributed by atoms with E-state index in [0.29, 0.717) is 0 Å². The molecule has 12 rings (SSSR count). The molecule has 0 saturated heterocycles. The summed E-state index contributed by atoms with van der Waals surface area (Å²) >= 11 is 0. The van der Waals surface area contributed by atoms with Gasteiger partial charge in [0.15, 0.2) is 0 Å². The van der Waals surface area contributed by atoms with E-state index in [2.05, 4.69) is 182 Å². The Bertz CT molecular complexity index is 2930. The van der Waals surface area contributed by atoms with Gasteiger partial charge in [0.2, 0.25) is 0 Å². The molecule has 3 aliphatic carbocycles. The number of benzene rings is 8. The number of hydrogen-bond acceptors (Lipinski definition) is 1. The lowest BCUT2D eigenvalue weighted by Crippen LogP contribution is -2.43. The summed E-state index contributed by atoms with van der Waals surface area (Å²) in [6.07, 6.45) is 0. The largest absolute Gasteiger partial charge is 0.455 e. The molecule has 0 aliphatic heterocycles. The highest BCUT2D eigenvalue weighted by Gasteiger charge is 2.60. The van der Waals surface area contributed by atoms with Crippen molar-refractivity contribution in [1.29, 1.82) is 0 Å². The topological polar surface area (TPSA) is 13.1 Å². The highest BCUT2D eigenvalue weighted by Crippen LogP contribution is 2.69. The molecule has 1 spiro atoms. The van der Waals surface area contributed by atoms with Crippen molar-refractivity contribution in [1.82, 2.24) is 0 Å². The summed E-state index contributed by atoms with van der Waals surface area (Å²) in [5.41, 5.74) is 19.1. The maximum absolute atomic E-state index is 6.75. The Balaban J connectivity index is 1.29. The van der Waals surface area contributed by atoms with Crippen LogP contribution in [0.25, 0.3) is 55.3 Å². The first-order valence-electron chi connectivity index (χ1n) is 17.9. The quantitative estimate of drug-likeness (QED) is 0.182. The van der Waals surface area contributed by atoms with Crippen LogP contribution < -0.4 is 0 Å². The summed E-state index contributed by atoms with van der Waals surface area (Å²) < 4.78 is 6.75. The third-order valence-corrected chi connectivity index (χ3v) is 12.2.